The van der Waals surface area contributed by atoms with E-state index in [9.17, 15) is 4.79 Å². The van der Waals surface area contributed by atoms with Crippen molar-refractivity contribution < 1.29 is 9.90 Å². The second kappa shape index (κ2) is 6.32. The molecule has 0 radical (unpaired) electrons. The van der Waals surface area contributed by atoms with Crippen LogP contribution in [-0.2, 0) is 6.54 Å². The first-order valence-corrected chi connectivity index (χ1v) is 7.11. The Balaban J connectivity index is 1.84. The number of carbonyl (C=O) groups is 1. The van der Waals surface area contributed by atoms with Crippen LogP contribution in [0.5, 0.6) is 0 Å². The molecule has 3 aromatic rings. The number of hydrogen-bond donors (Lipinski definition) is 4. The lowest BCUT2D eigenvalue weighted by Gasteiger charge is -2.09. The Morgan fingerprint density at radius 1 is 1.29 bits per heavy atom. The third kappa shape index (κ3) is 3.14. The Labute approximate surface area is 137 Å². The summed E-state index contributed by atoms with van der Waals surface area (Å²) in [4.78, 5) is 27.8. The fourth-order valence-corrected chi connectivity index (χ4v) is 2.18. The van der Waals surface area contributed by atoms with Crippen LogP contribution >= 0.6 is 0 Å². The molecule has 0 unspecified atom stereocenters. The fourth-order valence-electron chi connectivity index (χ4n) is 2.18. The van der Waals surface area contributed by atoms with E-state index in [1.807, 2.05) is 0 Å². The number of anilines is 3. The number of nitrogen functional groups attached to an aromatic ring is 1. The van der Waals surface area contributed by atoms with Gasteiger partial charge in [0.25, 0.3) is 0 Å². The molecule has 0 aliphatic carbocycles. The minimum atomic E-state index is -0.974. The number of carboxylic acids is 1. The Kier molecular flexibility index (Phi) is 4.06. The number of nitrogens with two attached hydrogens (primary N) is 1. The van der Waals surface area contributed by atoms with Gasteiger partial charge in [0.15, 0.2) is 17.0 Å². The Morgan fingerprint density at radius 3 is 2.88 bits per heavy atom. The van der Waals surface area contributed by atoms with Gasteiger partial charge in [0.1, 0.15) is 0 Å². The van der Waals surface area contributed by atoms with Crippen molar-refractivity contribution >= 4 is 34.6 Å². The lowest BCUT2D eigenvalue weighted by Crippen LogP contribution is -2.07. The third-order valence-corrected chi connectivity index (χ3v) is 3.29. The summed E-state index contributed by atoms with van der Waals surface area (Å²) in [6.45, 7) is 0.375. The first kappa shape index (κ1) is 15.4. The second-order valence-corrected chi connectivity index (χ2v) is 4.95. The highest BCUT2D eigenvalue weighted by Gasteiger charge is 2.09. The average molecular weight is 325 g/mol. The molecule has 0 atom stereocenters. The number of fused-ring (bicyclic) bond motifs is 1. The van der Waals surface area contributed by atoms with Gasteiger partial charge in [-0.15, -0.1) is 0 Å². The van der Waals surface area contributed by atoms with Crippen molar-refractivity contribution in [3.63, 3.8) is 0 Å². The van der Waals surface area contributed by atoms with E-state index in [1.54, 1.807) is 31.4 Å². The van der Waals surface area contributed by atoms with Crippen molar-refractivity contribution in [1.82, 2.24) is 19.9 Å². The maximum Gasteiger partial charge on any atom is 0.335 e. The van der Waals surface area contributed by atoms with Gasteiger partial charge in [-0.25, -0.2) is 14.8 Å². The molecule has 2 aromatic heterocycles. The van der Waals surface area contributed by atoms with Gasteiger partial charge in [-0.2, -0.15) is 9.97 Å². The molecule has 3 rings (SSSR count). The summed E-state index contributed by atoms with van der Waals surface area (Å²) < 4.78 is 0. The molecule has 9 nitrogen and oxygen atoms in total. The first-order valence-electron chi connectivity index (χ1n) is 7.11. The molecule has 0 spiro atoms. The average Bonchev–Trinajstić information content (AvgIpc) is 2.59. The lowest BCUT2D eigenvalue weighted by molar-refractivity contribution is 0.0697. The second-order valence-electron chi connectivity index (χ2n) is 4.95. The van der Waals surface area contributed by atoms with Gasteiger partial charge in [-0.1, -0.05) is 6.07 Å². The zero-order valence-electron chi connectivity index (χ0n) is 12.8. The molecule has 0 bridgehead atoms. The van der Waals surface area contributed by atoms with Crippen LogP contribution in [0.25, 0.3) is 11.2 Å². The number of benzene rings is 1. The zero-order chi connectivity index (χ0) is 17.1. The summed E-state index contributed by atoms with van der Waals surface area (Å²) >= 11 is 0. The van der Waals surface area contributed by atoms with Crippen LogP contribution in [0.4, 0.5) is 17.5 Å². The van der Waals surface area contributed by atoms with E-state index in [4.69, 9.17) is 10.8 Å². The van der Waals surface area contributed by atoms with Crippen LogP contribution in [0.15, 0.2) is 30.5 Å². The van der Waals surface area contributed by atoms with E-state index in [-0.39, 0.29) is 11.5 Å². The maximum absolute atomic E-state index is 11.0. The number of aromatic nitrogens is 4. The van der Waals surface area contributed by atoms with Crippen molar-refractivity contribution in [2.45, 2.75) is 6.54 Å². The minimum absolute atomic E-state index is 0.123. The number of aromatic carboxylic acids is 1. The monoisotopic (exact) mass is 325 g/mol. The van der Waals surface area contributed by atoms with E-state index in [0.29, 0.717) is 34.9 Å². The molecule has 0 saturated heterocycles. The van der Waals surface area contributed by atoms with Gasteiger partial charge in [-0.3, -0.25) is 0 Å². The predicted octanol–water partition coefficient (Wildman–Crippen LogP) is 1.35. The van der Waals surface area contributed by atoms with Crippen molar-refractivity contribution in [2.75, 3.05) is 23.4 Å². The van der Waals surface area contributed by atoms with E-state index >= 15 is 0 Å². The predicted molar refractivity (Wildman–Crippen MR) is 89.8 cm³/mol. The molecule has 24 heavy (non-hydrogen) atoms. The molecule has 9 heteroatoms. The van der Waals surface area contributed by atoms with E-state index < -0.39 is 5.97 Å². The topological polar surface area (TPSA) is 139 Å². The van der Waals surface area contributed by atoms with Crippen LogP contribution in [0.2, 0.25) is 0 Å². The molecule has 0 aliphatic rings. The van der Waals surface area contributed by atoms with Gasteiger partial charge in [0.2, 0.25) is 5.95 Å². The first-order chi connectivity index (χ1) is 11.6. The maximum atomic E-state index is 11.0. The van der Waals surface area contributed by atoms with Crippen molar-refractivity contribution in [3.05, 3.63) is 41.7 Å². The highest BCUT2D eigenvalue weighted by atomic mass is 16.4. The van der Waals surface area contributed by atoms with E-state index in [1.165, 1.54) is 6.07 Å². The summed E-state index contributed by atoms with van der Waals surface area (Å²) in [5.41, 5.74) is 8.10. The van der Waals surface area contributed by atoms with Gasteiger partial charge in [-0.05, 0) is 18.2 Å². The van der Waals surface area contributed by atoms with E-state index in [0.717, 1.165) is 0 Å². The van der Waals surface area contributed by atoms with Crippen molar-refractivity contribution in [2.24, 2.45) is 0 Å². The largest absolute Gasteiger partial charge is 0.478 e. The van der Waals surface area contributed by atoms with Crippen molar-refractivity contribution in [1.29, 1.82) is 0 Å². The van der Waals surface area contributed by atoms with Crippen LogP contribution < -0.4 is 16.4 Å². The number of nitrogens with one attached hydrogen (secondary N) is 2. The van der Waals surface area contributed by atoms with Gasteiger partial charge in [0.05, 0.1) is 24.0 Å². The molecular formula is C15H15N7O2. The molecule has 0 amide bonds. The number of hydrogen-bond acceptors (Lipinski definition) is 8. The zero-order valence-corrected chi connectivity index (χ0v) is 12.8. The molecule has 0 saturated carbocycles. The molecular weight excluding hydrogens is 310 g/mol. The van der Waals surface area contributed by atoms with Gasteiger partial charge < -0.3 is 21.5 Å². The number of nitrogens with zero attached hydrogens (tertiary/aromatic N) is 4. The Hall–Kier alpha value is -3.49. The van der Waals surface area contributed by atoms with Crippen LogP contribution in [0, 0.1) is 0 Å². The van der Waals surface area contributed by atoms with Gasteiger partial charge >= 0.3 is 5.97 Å². The molecule has 2 heterocycles. The highest BCUT2D eigenvalue weighted by molar-refractivity contribution is 5.88. The van der Waals surface area contributed by atoms with E-state index in [2.05, 4.69) is 30.6 Å². The van der Waals surface area contributed by atoms with Crippen LogP contribution in [0.1, 0.15) is 16.1 Å². The summed E-state index contributed by atoms with van der Waals surface area (Å²) in [5.74, 6) is -0.352. The fraction of sp³-hybridized carbons (Fsp3) is 0.133. The molecule has 5 N–H and O–H groups in total. The molecule has 122 valence electrons. The van der Waals surface area contributed by atoms with Crippen molar-refractivity contribution in [3.8, 4) is 0 Å². The summed E-state index contributed by atoms with van der Waals surface area (Å²) in [6, 6.07) is 6.54. The minimum Gasteiger partial charge on any atom is -0.478 e. The lowest BCUT2D eigenvalue weighted by atomic mass is 10.2. The third-order valence-electron chi connectivity index (χ3n) is 3.29. The Morgan fingerprint density at radius 2 is 2.12 bits per heavy atom. The summed E-state index contributed by atoms with van der Waals surface area (Å²) in [7, 11) is 1.71. The molecule has 0 fully saturated rings. The summed E-state index contributed by atoms with van der Waals surface area (Å²) in [5, 5.41) is 15.0. The normalized spacial score (nSPS) is 10.5. The Bertz CT molecular complexity index is 913. The van der Waals surface area contributed by atoms with Crippen LogP contribution in [0.3, 0.4) is 0 Å². The number of carboxylic acid groups (broad SMARTS) is 1. The smallest absolute Gasteiger partial charge is 0.335 e. The molecule has 0 aliphatic heterocycles. The number of rotatable bonds is 5. The standard InChI is InChI=1S/C15H15N7O2/c1-17-12-11-13(22-15(16)21-12)19-7-10(20-11)6-18-9-4-2-3-8(5-9)14(23)24/h2-5,7,18H,6H2,1H3,(H,23,24)(H3,16,17,19,21,22). The van der Waals surface area contributed by atoms with Gasteiger partial charge in [0, 0.05) is 12.7 Å². The van der Waals surface area contributed by atoms with Crippen LogP contribution in [-0.4, -0.2) is 38.1 Å². The quantitative estimate of drug-likeness (QED) is 0.547. The summed E-state index contributed by atoms with van der Waals surface area (Å²) in [6.07, 6.45) is 1.59. The highest BCUT2D eigenvalue weighted by Crippen LogP contribution is 2.18. The molecule has 1 aromatic carbocycles. The SMILES string of the molecule is CNc1nc(N)nc2ncc(CNc3cccc(C(=O)O)c3)nc12.